The van der Waals surface area contributed by atoms with Gasteiger partial charge < -0.3 is 4.74 Å². The van der Waals surface area contributed by atoms with Gasteiger partial charge in [-0.15, -0.1) is 0 Å². The lowest BCUT2D eigenvalue weighted by atomic mass is 9.57. The van der Waals surface area contributed by atoms with E-state index in [0.29, 0.717) is 12.8 Å². The molecule has 0 aromatic carbocycles. The summed E-state index contributed by atoms with van der Waals surface area (Å²) in [6.07, 6.45) is 6.80. The summed E-state index contributed by atoms with van der Waals surface area (Å²) in [5.74, 6) is -0.672. The molecule has 0 radical (unpaired) electrons. The smallest absolute Gasteiger partial charge is 0.324 e. The van der Waals surface area contributed by atoms with Gasteiger partial charge in [0.05, 0.1) is 5.41 Å². The van der Waals surface area contributed by atoms with Gasteiger partial charge in [-0.2, -0.15) is 0 Å². The number of rotatable bonds is 2. The Morgan fingerprint density at radius 2 is 2.00 bits per heavy atom. The molecule has 0 N–H and O–H groups in total. The summed E-state index contributed by atoms with van der Waals surface area (Å²) >= 11 is 0. The second-order valence-electron chi connectivity index (χ2n) is 4.38. The topological polar surface area (TPSA) is 43.4 Å². The Bertz CT molecular complexity index is 345. The van der Waals surface area contributed by atoms with Crippen LogP contribution in [0.25, 0.3) is 0 Å². The van der Waals surface area contributed by atoms with Gasteiger partial charge in [-0.1, -0.05) is 26.0 Å². The summed E-state index contributed by atoms with van der Waals surface area (Å²) < 4.78 is 4.87. The number of fused-ring (bicyclic) bond motifs is 1. The Morgan fingerprint density at radius 3 is 2.53 bits per heavy atom. The van der Waals surface area contributed by atoms with Crippen molar-refractivity contribution < 1.29 is 14.3 Å². The fraction of sp³-hybridized carbons (Fsp3) is 0.667. The summed E-state index contributed by atoms with van der Waals surface area (Å²) in [6, 6.07) is 0. The predicted octanol–water partition coefficient (Wildman–Crippen LogP) is 2.21. The summed E-state index contributed by atoms with van der Waals surface area (Å²) in [5.41, 5.74) is -1.27. The molecule has 1 fully saturated rings. The first-order valence-corrected chi connectivity index (χ1v) is 5.57. The zero-order chi connectivity index (χ0) is 11.1. The van der Waals surface area contributed by atoms with Crippen LogP contribution in [0.4, 0.5) is 0 Å². The zero-order valence-electron chi connectivity index (χ0n) is 9.21. The average Bonchev–Trinajstić information content (AvgIpc) is 2.49. The molecule has 0 aromatic heterocycles. The highest BCUT2D eigenvalue weighted by atomic mass is 16.6. The van der Waals surface area contributed by atoms with Crippen LogP contribution >= 0.6 is 0 Å². The van der Waals surface area contributed by atoms with Crippen LogP contribution in [0.2, 0.25) is 0 Å². The maximum absolute atomic E-state index is 11.9. The van der Waals surface area contributed by atoms with E-state index in [4.69, 9.17) is 4.74 Å². The van der Waals surface area contributed by atoms with E-state index in [2.05, 4.69) is 0 Å². The molecule has 1 heterocycles. The maximum Gasteiger partial charge on any atom is 0.324 e. The van der Waals surface area contributed by atoms with E-state index in [0.717, 1.165) is 12.8 Å². The molecule has 0 bridgehead atoms. The fourth-order valence-electron chi connectivity index (χ4n) is 3.05. The Labute approximate surface area is 89.5 Å². The number of esters is 2. The van der Waals surface area contributed by atoms with Crippen molar-refractivity contribution in [1.82, 2.24) is 0 Å². The highest BCUT2D eigenvalue weighted by molar-refractivity contribution is 6.03. The molecule has 0 amide bonds. The van der Waals surface area contributed by atoms with Crippen molar-refractivity contribution in [1.29, 1.82) is 0 Å². The second-order valence-corrected chi connectivity index (χ2v) is 4.38. The molecular weight excluding hydrogens is 192 g/mol. The first-order chi connectivity index (χ1) is 7.13. The lowest BCUT2D eigenvalue weighted by Gasteiger charge is -2.39. The summed E-state index contributed by atoms with van der Waals surface area (Å²) in [4.78, 5) is 23.7. The lowest BCUT2D eigenvalue weighted by molar-refractivity contribution is -0.155. The van der Waals surface area contributed by atoms with Crippen molar-refractivity contribution in [2.45, 2.75) is 39.5 Å². The largest absolute Gasteiger partial charge is 0.392 e. The van der Waals surface area contributed by atoms with Crippen LogP contribution in [0, 0.1) is 10.8 Å². The third kappa shape index (κ3) is 1.01. The minimum Gasteiger partial charge on any atom is -0.392 e. The number of ether oxygens (including phenoxy) is 1. The van der Waals surface area contributed by atoms with E-state index < -0.39 is 10.8 Å². The third-order valence-corrected chi connectivity index (χ3v) is 4.10. The maximum atomic E-state index is 11.9. The van der Waals surface area contributed by atoms with E-state index in [1.54, 1.807) is 0 Å². The minimum atomic E-state index is -0.683. The first kappa shape index (κ1) is 10.4. The monoisotopic (exact) mass is 208 g/mol. The summed E-state index contributed by atoms with van der Waals surface area (Å²) in [6.45, 7) is 3.91. The van der Waals surface area contributed by atoms with Gasteiger partial charge >= 0.3 is 11.9 Å². The van der Waals surface area contributed by atoms with E-state index in [9.17, 15) is 9.59 Å². The molecule has 3 heteroatoms. The highest BCUT2D eigenvalue weighted by Crippen LogP contribution is 2.57. The number of hydrogen-bond acceptors (Lipinski definition) is 3. The van der Waals surface area contributed by atoms with Crippen LogP contribution in [0.15, 0.2) is 12.2 Å². The van der Waals surface area contributed by atoms with Crippen molar-refractivity contribution in [2.75, 3.05) is 0 Å². The lowest BCUT2D eigenvalue weighted by Crippen LogP contribution is -2.44. The molecular formula is C12H16O3. The number of carbonyl (C=O) groups excluding carboxylic acids is 2. The van der Waals surface area contributed by atoms with Crippen molar-refractivity contribution in [3.05, 3.63) is 12.2 Å². The zero-order valence-corrected chi connectivity index (χ0v) is 9.21. The quantitative estimate of drug-likeness (QED) is 0.397. The molecule has 2 aliphatic rings. The molecule has 82 valence electrons. The van der Waals surface area contributed by atoms with Gasteiger partial charge in [-0.3, -0.25) is 9.59 Å². The van der Waals surface area contributed by atoms with Gasteiger partial charge in [0.15, 0.2) is 0 Å². The molecule has 1 saturated heterocycles. The van der Waals surface area contributed by atoms with Gasteiger partial charge in [0.25, 0.3) is 0 Å². The summed E-state index contributed by atoms with van der Waals surface area (Å²) in [7, 11) is 0. The first-order valence-electron chi connectivity index (χ1n) is 5.57. The molecule has 0 spiro atoms. The van der Waals surface area contributed by atoms with Crippen molar-refractivity contribution in [2.24, 2.45) is 10.8 Å². The van der Waals surface area contributed by atoms with Gasteiger partial charge in [0.1, 0.15) is 5.41 Å². The minimum absolute atomic E-state index is 0.318. The molecule has 0 aromatic rings. The number of hydrogen-bond donors (Lipinski definition) is 0. The SMILES string of the molecule is CCC12C=CCCC1(CC)C(=O)OC2=O. The van der Waals surface area contributed by atoms with Gasteiger partial charge in [-0.05, 0) is 25.7 Å². The molecule has 1 aliphatic carbocycles. The number of allylic oxidation sites excluding steroid dienone is 1. The Kier molecular flexibility index (Phi) is 2.21. The van der Waals surface area contributed by atoms with E-state index >= 15 is 0 Å². The number of carbonyl (C=O) groups is 2. The highest BCUT2D eigenvalue weighted by Gasteiger charge is 2.65. The van der Waals surface area contributed by atoms with Crippen LogP contribution in [-0.4, -0.2) is 11.9 Å². The van der Waals surface area contributed by atoms with Gasteiger partial charge in [-0.25, -0.2) is 0 Å². The van der Waals surface area contributed by atoms with Crippen molar-refractivity contribution >= 4 is 11.9 Å². The Hall–Kier alpha value is -1.12. The fourth-order valence-corrected chi connectivity index (χ4v) is 3.05. The Morgan fingerprint density at radius 1 is 1.27 bits per heavy atom. The van der Waals surface area contributed by atoms with E-state index in [1.165, 1.54) is 0 Å². The van der Waals surface area contributed by atoms with Crippen molar-refractivity contribution in [3.8, 4) is 0 Å². The molecule has 0 saturated carbocycles. The summed E-state index contributed by atoms with van der Waals surface area (Å²) in [5, 5.41) is 0. The van der Waals surface area contributed by atoms with Crippen LogP contribution in [0.5, 0.6) is 0 Å². The van der Waals surface area contributed by atoms with Crippen molar-refractivity contribution in [3.63, 3.8) is 0 Å². The van der Waals surface area contributed by atoms with Crippen LogP contribution in [0.1, 0.15) is 39.5 Å². The third-order valence-electron chi connectivity index (χ3n) is 4.10. The van der Waals surface area contributed by atoms with Gasteiger partial charge in [0.2, 0.25) is 0 Å². The van der Waals surface area contributed by atoms with E-state index in [1.807, 2.05) is 26.0 Å². The molecule has 3 nitrogen and oxygen atoms in total. The molecule has 2 atom stereocenters. The molecule has 15 heavy (non-hydrogen) atoms. The molecule has 1 aliphatic heterocycles. The normalized spacial score (nSPS) is 39.1. The van der Waals surface area contributed by atoms with Crippen LogP contribution in [0.3, 0.4) is 0 Å². The second kappa shape index (κ2) is 3.19. The predicted molar refractivity (Wildman–Crippen MR) is 54.9 cm³/mol. The molecule has 2 rings (SSSR count). The standard InChI is InChI=1S/C12H16O3/c1-3-11-7-5-6-8-12(11,4-2)10(14)15-9(11)13/h5,7H,3-4,6,8H2,1-2H3. The Balaban J connectivity index is 2.59. The number of cyclic esters (lactones) is 2. The average molecular weight is 208 g/mol. The van der Waals surface area contributed by atoms with Crippen LogP contribution in [-0.2, 0) is 14.3 Å². The molecule has 2 unspecified atom stereocenters. The van der Waals surface area contributed by atoms with Gasteiger partial charge in [0, 0.05) is 0 Å². The van der Waals surface area contributed by atoms with E-state index in [-0.39, 0.29) is 11.9 Å². The van der Waals surface area contributed by atoms with Crippen LogP contribution < -0.4 is 0 Å².